The van der Waals surface area contributed by atoms with E-state index in [4.69, 9.17) is 0 Å². The van der Waals surface area contributed by atoms with E-state index in [1.54, 1.807) is 6.07 Å². The second-order valence-corrected chi connectivity index (χ2v) is 5.33. The van der Waals surface area contributed by atoms with Gasteiger partial charge in [0.1, 0.15) is 5.75 Å². The van der Waals surface area contributed by atoms with Crippen LogP contribution in [0.3, 0.4) is 0 Å². The van der Waals surface area contributed by atoms with Gasteiger partial charge < -0.3 is 5.11 Å². The predicted octanol–water partition coefficient (Wildman–Crippen LogP) is 3.92. The van der Waals surface area contributed by atoms with Gasteiger partial charge in [0.25, 0.3) is 0 Å². The molecular formula is C14H16OS. The lowest BCUT2D eigenvalue weighted by Gasteiger charge is -2.08. The fourth-order valence-corrected chi connectivity index (χ4v) is 2.88. The lowest BCUT2D eigenvalue weighted by Crippen LogP contribution is -1.93. The minimum absolute atomic E-state index is 0.424. The van der Waals surface area contributed by atoms with E-state index in [1.165, 1.54) is 15.3 Å². The quantitative estimate of drug-likeness (QED) is 0.850. The minimum atomic E-state index is 0.424. The molecule has 0 amide bonds. The topological polar surface area (TPSA) is 20.2 Å². The third kappa shape index (κ3) is 2.27. The SMILES string of the molecule is CCc1c(O)cccc1Cc1ccc(C)s1. The molecule has 0 saturated heterocycles. The van der Waals surface area contributed by atoms with Crippen LogP contribution in [0.15, 0.2) is 30.3 Å². The van der Waals surface area contributed by atoms with Crippen LogP contribution in [-0.4, -0.2) is 5.11 Å². The summed E-state index contributed by atoms with van der Waals surface area (Å²) in [7, 11) is 0. The Morgan fingerprint density at radius 1 is 1.19 bits per heavy atom. The summed E-state index contributed by atoms with van der Waals surface area (Å²) in [5.41, 5.74) is 2.32. The molecular weight excluding hydrogens is 216 g/mol. The monoisotopic (exact) mass is 232 g/mol. The molecule has 1 nitrogen and oxygen atoms in total. The molecule has 0 aliphatic heterocycles. The van der Waals surface area contributed by atoms with Crippen molar-refractivity contribution in [3.8, 4) is 5.75 Å². The standard InChI is InChI=1S/C14H16OS/c1-3-13-11(5-4-6-14(13)15)9-12-8-7-10(2)16-12/h4-8,15H,3,9H2,1-2H3. The number of thiophene rings is 1. The van der Waals surface area contributed by atoms with E-state index in [0.717, 1.165) is 18.4 Å². The van der Waals surface area contributed by atoms with Crippen LogP contribution in [0.25, 0.3) is 0 Å². The van der Waals surface area contributed by atoms with Crippen molar-refractivity contribution in [1.82, 2.24) is 0 Å². The molecule has 0 spiro atoms. The minimum Gasteiger partial charge on any atom is -0.508 e. The average Bonchev–Trinajstić information content (AvgIpc) is 2.64. The molecule has 0 fully saturated rings. The second kappa shape index (κ2) is 4.71. The molecule has 2 aromatic rings. The number of phenolic OH excluding ortho intramolecular Hbond substituents is 1. The molecule has 1 heterocycles. The van der Waals surface area contributed by atoms with E-state index >= 15 is 0 Å². The maximum absolute atomic E-state index is 9.78. The summed E-state index contributed by atoms with van der Waals surface area (Å²) >= 11 is 1.83. The van der Waals surface area contributed by atoms with E-state index in [2.05, 4.69) is 32.0 Å². The number of aromatic hydroxyl groups is 1. The van der Waals surface area contributed by atoms with Crippen LogP contribution in [0.4, 0.5) is 0 Å². The van der Waals surface area contributed by atoms with Crippen LogP contribution >= 0.6 is 11.3 Å². The van der Waals surface area contributed by atoms with Gasteiger partial charge >= 0.3 is 0 Å². The van der Waals surface area contributed by atoms with Gasteiger partial charge in [-0.05, 0) is 42.7 Å². The molecule has 0 aliphatic rings. The number of phenols is 1. The van der Waals surface area contributed by atoms with Crippen molar-refractivity contribution in [2.75, 3.05) is 0 Å². The highest BCUT2D eigenvalue weighted by Crippen LogP contribution is 2.26. The van der Waals surface area contributed by atoms with Crippen LogP contribution in [0, 0.1) is 6.92 Å². The van der Waals surface area contributed by atoms with Crippen LogP contribution in [-0.2, 0) is 12.8 Å². The third-order valence-electron chi connectivity index (χ3n) is 2.76. The Hall–Kier alpha value is -1.28. The predicted molar refractivity (Wildman–Crippen MR) is 69.3 cm³/mol. The first-order chi connectivity index (χ1) is 7.70. The van der Waals surface area contributed by atoms with Gasteiger partial charge in [0.2, 0.25) is 0 Å². The van der Waals surface area contributed by atoms with E-state index in [9.17, 15) is 5.11 Å². The molecule has 2 rings (SSSR count). The van der Waals surface area contributed by atoms with Crippen molar-refractivity contribution in [2.45, 2.75) is 26.7 Å². The van der Waals surface area contributed by atoms with E-state index in [0.29, 0.717) is 5.75 Å². The second-order valence-electron chi connectivity index (χ2n) is 3.96. The van der Waals surface area contributed by atoms with Crippen molar-refractivity contribution in [2.24, 2.45) is 0 Å². The maximum Gasteiger partial charge on any atom is 0.119 e. The summed E-state index contributed by atoms with van der Waals surface area (Å²) in [6.07, 6.45) is 1.81. The molecule has 16 heavy (non-hydrogen) atoms. The molecule has 1 aromatic heterocycles. The lowest BCUT2D eigenvalue weighted by molar-refractivity contribution is 0.468. The maximum atomic E-state index is 9.78. The Morgan fingerprint density at radius 2 is 2.00 bits per heavy atom. The van der Waals surface area contributed by atoms with Crippen LogP contribution < -0.4 is 0 Å². The Morgan fingerprint density at radius 3 is 2.62 bits per heavy atom. The highest BCUT2D eigenvalue weighted by Gasteiger charge is 2.07. The Bertz CT molecular complexity index is 485. The normalized spacial score (nSPS) is 10.6. The molecule has 0 radical (unpaired) electrons. The van der Waals surface area contributed by atoms with Crippen molar-refractivity contribution < 1.29 is 5.11 Å². The molecule has 1 aromatic carbocycles. The summed E-state index contributed by atoms with van der Waals surface area (Å²) in [5.74, 6) is 0.424. The first kappa shape index (κ1) is 11.2. The van der Waals surface area contributed by atoms with Crippen molar-refractivity contribution in [3.05, 3.63) is 51.2 Å². The molecule has 0 unspecified atom stereocenters. The first-order valence-corrected chi connectivity index (χ1v) is 6.37. The van der Waals surface area contributed by atoms with Gasteiger partial charge in [0, 0.05) is 16.2 Å². The smallest absolute Gasteiger partial charge is 0.119 e. The lowest BCUT2D eigenvalue weighted by atomic mass is 10.0. The van der Waals surface area contributed by atoms with Crippen molar-refractivity contribution >= 4 is 11.3 Å². The molecule has 0 saturated carbocycles. The van der Waals surface area contributed by atoms with Gasteiger partial charge in [-0.2, -0.15) is 0 Å². The van der Waals surface area contributed by atoms with Crippen LogP contribution in [0.2, 0.25) is 0 Å². The number of hydrogen-bond donors (Lipinski definition) is 1. The van der Waals surface area contributed by atoms with Crippen LogP contribution in [0.5, 0.6) is 5.75 Å². The summed E-state index contributed by atoms with van der Waals surface area (Å²) in [6, 6.07) is 10.1. The van der Waals surface area contributed by atoms with Crippen molar-refractivity contribution in [1.29, 1.82) is 0 Å². The molecule has 0 atom stereocenters. The van der Waals surface area contributed by atoms with E-state index in [-0.39, 0.29) is 0 Å². The fraction of sp³-hybridized carbons (Fsp3) is 0.286. The summed E-state index contributed by atoms with van der Waals surface area (Å²) in [4.78, 5) is 2.70. The zero-order valence-electron chi connectivity index (χ0n) is 9.66. The van der Waals surface area contributed by atoms with Gasteiger partial charge in [-0.3, -0.25) is 0 Å². The number of hydrogen-bond acceptors (Lipinski definition) is 2. The number of rotatable bonds is 3. The average molecular weight is 232 g/mol. The largest absolute Gasteiger partial charge is 0.508 e. The first-order valence-electron chi connectivity index (χ1n) is 5.55. The highest BCUT2D eigenvalue weighted by molar-refractivity contribution is 7.11. The van der Waals surface area contributed by atoms with Crippen molar-refractivity contribution in [3.63, 3.8) is 0 Å². The van der Waals surface area contributed by atoms with Crippen LogP contribution in [0.1, 0.15) is 27.8 Å². The summed E-state index contributed by atoms with van der Waals surface area (Å²) in [5, 5.41) is 9.78. The Labute approximate surface area is 100 Å². The van der Waals surface area contributed by atoms with Gasteiger partial charge in [0.05, 0.1) is 0 Å². The van der Waals surface area contributed by atoms with Gasteiger partial charge in [0.15, 0.2) is 0 Å². The van der Waals surface area contributed by atoms with Gasteiger partial charge in [-0.25, -0.2) is 0 Å². The highest BCUT2D eigenvalue weighted by atomic mass is 32.1. The van der Waals surface area contributed by atoms with Gasteiger partial charge in [-0.15, -0.1) is 11.3 Å². The third-order valence-corrected chi connectivity index (χ3v) is 3.76. The fourth-order valence-electron chi connectivity index (χ4n) is 1.96. The molecule has 2 heteroatoms. The summed E-state index contributed by atoms with van der Waals surface area (Å²) in [6.45, 7) is 4.20. The Kier molecular flexibility index (Phi) is 3.30. The number of aryl methyl sites for hydroxylation is 1. The molecule has 0 bridgehead atoms. The zero-order valence-corrected chi connectivity index (χ0v) is 10.5. The van der Waals surface area contributed by atoms with E-state index < -0.39 is 0 Å². The zero-order chi connectivity index (χ0) is 11.5. The van der Waals surface area contributed by atoms with E-state index in [1.807, 2.05) is 17.4 Å². The summed E-state index contributed by atoms with van der Waals surface area (Å²) < 4.78 is 0. The van der Waals surface area contributed by atoms with Gasteiger partial charge in [-0.1, -0.05) is 19.1 Å². The number of benzene rings is 1. The molecule has 84 valence electrons. The molecule has 0 aliphatic carbocycles. The Balaban J connectivity index is 2.30. The molecule has 1 N–H and O–H groups in total.